The highest BCUT2D eigenvalue weighted by molar-refractivity contribution is 6.14. The molecule has 48 heavy (non-hydrogen) atoms. The Labute approximate surface area is 292 Å². The van der Waals surface area contributed by atoms with Gasteiger partial charge >= 0.3 is 0 Å². The van der Waals surface area contributed by atoms with Gasteiger partial charge in [0, 0.05) is 21.5 Å². The van der Waals surface area contributed by atoms with E-state index in [2.05, 4.69) is 62.4 Å². The number of furan rings is 2. The van der Waals surface area contributed by atoms with Crippen LogP contribution in [0.1, 0.15) is 179 Å². The van der Waals surface area contributed by atoms with Crippen molar-refractivity contribution < 1.29 is 8.83 Å². The van der Waals surface area contributed by atoms with Crippen LogP contribution in [0.4, 0.5) is 0 Å². The van der Waals surface area contributed by atoms with E-state index in [0.29, 0.717) is 0 Å². The van der Waals surface area contributed by atoms with E-state index in [0.717, 1.165) is 45.9 Å². The van der Waals surface area contributed by atoms with Gasteiger partial charge in [0.05, 0.1) is 0 Å². The van der Waals surface area contributed by atoms with Gasteiger partial charge in [-0.05, 0) is 61.1 Å². The second kappa shape index (κ2) is 20.7. The van der Waals surface area contributed by atoms with Crippen molar-refractivity contribution in [2.75, 3.05) is 0 Å². The summed E-state index contributed by atoms with van der Waals surface area (Å²) < 4.78 is 12.9. The van der Waals surface area contributed by atoms with E-state index in [1.165, 1.54) is 176 Å². The molecule has 262 valence electrons. The van der Waals surface area contributed by atoms with E-state index in [4.69, 9.17) is 8.83 Å². The fourth-order valence-electron chi connectivity index (χ4n) is 7.79. The molecule has 0 aliphatic carbocycles. The third kappa shape index (κ3) is 11.1. The van der Waals surface area contributed by atoms with Crippen LogP contribution >= 0.6 is 0 Å². The van der Waals surface area contributed by atoms with Crippen molar-refractivity contribution in [3.63, 3.8) is 0 Å². The molecule has 0 aliphatic heterocycles. The lowest BCUT2D eigenvalue weighted by Crippen LogP contribution is -1.86. The number of hydrogen-bond acceptors (Lipinski definition) is 2. The maximum absolute atomic E-state index is 6.44. The summed E-state index contributed by atoms with van der Waals surface area (Å²) in [5.41, 5.74) is 6.71. The normalized spacial score (nSPS) is 12.0. The Kier molecular flexibility index (Phi) is 15.8. The molecule has 2 nitrogen and oxygen atoms in total. The molecule has 0 saturated carbocycles. The maximum Gasteiger partial charge on any atom is 0.136 e. The zero-order valence-corrected chi connectivity index (χ0v) is 30.8. The van der Waals surface area contributed by atoms with Gasteiger partial charge in [0.15, 0.2) is 0 Å². The molecule has 0 unspecified atom stereocenters. The quantitative estimate of drug-likeness (QED) is 0.0557. The van der Waals surface area contributed by atoms with Crippen LogP contribution in [0.3, 0.4) is 0 Å². The Morgan fingerprint density at radius 3 is 0.938 bits per heavy atom. The topological polar surface area (TPSA) is 26.3 Å². The second-order valence-corrected chi connectivity index (χ2v) is 15.0. The van der Waals surface area contributed by atoms with Gasteiger partial charge in [-0.25, -0.2) is 0 Å². The number of benzene rings is 3. The predicted molar refractivity (Wildman–Crippen MR) is 211 cm³/mol. The van der Waals surface area contributed by atoms with Crippen LogP contribution in [0.5, 0.6) is 0 Å². The van der Waals surface area contributed by atoms with Crippen molar-refractivity contribution in [2.45, 2.75) is 181 Å². The molecular weight excluding hydrogens is 585 g/mol. The summed E-state index contributed by atoms with van der Waals surface area (Å²) in [6, 6.07) is 18.1. The van der Waals surface area contributed by atoms with Gasteiger partial charge < -0.3 is 8.83 Å². The summed E-state index contributed by atoms with van der Waals surface area (Å²) in [5.74, 6) is 0. The minimum atomic E-state index is 0.961. The summed E-state index contributed by atoms with van der Waals surface area (Å²) in [7, 11) is 0. The molecule has 2 heteroatoms. The third-order valence-corrected chi connectivity index (χ3v) is 10.8. The summed E-state index contributed by atoms with van der Waals surface area (Å²) in [4.78, 5) is 0. The van der Waals surface area contributed by atoms with Gasteiger partial charge in [0.25, 0.3) is 0 Å². The highest BCUT2D eigenvalue weighted by atomic mass is 16.3. The third-order valence-electron chi connectivity index (χ3n) is 10.8. The number of unbranched alkanes of at least 4 members (excludes halogenated alkanes) is 22. The van der Waals surface area contributed by atoms with Crippen LogP contribution in [0.2, 0.25) is 0 Å². The summed E-state index contributed by atoms with van der Waals surface area (Å²) in [6.45, 7) is 4.59. The lowest BCUT2D eigenvalue weighted by molar-refractivity contribution is 0.544. The average Bonchev–Trinajstić information content (AvgIpc) is 3.64. The van der Waals surface area contributed by atoms with Crippen molar-refractivity contribution >= 4 is 43.9 Å². The SMILES string of the molecule is CCCCCCCCCCCCCCc1ccc2c(c1)oc1cc3c(cc12)oc1cc(CCCCCCCCCCCCCC)ccc13. The first-order chi connectivity index (χ1) is 23.8. The first-order valence-corrected chi connectivity index (χ1v) is 20.6. The molecule has 0 fully saturated rings. The average molecular weight is 651 g/mol. The molecule has 0 spiro atoms. The summed E-state index contributed by atoms with van der Waals surface area (Å²) in [5, 5.41) is 4.70. The van der Waals surface area contributed by atoms with Crippen molar-refractivity contribution in [1.82, 2.24) is 0 Å². The van der Waals surface area contributed by atoms with Gasteiger partial charge in [-0.1, -0.05) is 179 Å². The number of rotatable bonds is 26. The van der Waals surface area contributed by atoms with Crippen LogP contribution in [0.15, 0.2) is 57.4 Å². The van der Waals surface area contributed by atoms with E-state index in [9.17, 15) is 0 Å². The molecule has 2 aromatic heterocycles. The van der Waals surface area contributed by atoms with Gasteiger partial charge in [-0.15, -0.1) is 0 Å². The molecule has 0 radical (unpaired) electrons. The minimum absolute atomic E-state index is 0.961. The second-order valence-electron chi connectivity index (χ2n) is 15.0. The molecule has 0 N–H and O–H groups in total. The van der Waals surface area contributed by atoms with Crippen LogP contribution < -0.4 is 0 Å². The van der Waals surface area contributed by atoms with E-state index in [-0.39, 0.29) is 0 Å². The Morgan fingerprint density at radius 1 is 0.312 bits per heavy atom. The molecular formula is C46H66O2. The smallest absolute Gasteiger partial charge is 0.136 e. The Balaban J connectivity index is 1.04. The summed E-state index contributed by atoms with van der Waals surface area (Å²) >= 11 is 0. The van der Waals surface area contributed by atoms with E-state index < -0.39 is 0 Å². The predicted octanol–water partition coefficient (Wildman–Crippen LogP) is 16.0. The molecule has 0 amide bonds. The van der Waals surface area contributed by atoms with Gasteiger partial charge in [-0.3, -0.25) is 0 Å². The number of aryl methyl sites for hydroxylation is 2. The van der Waals surface area contributed by atoms with E-state index in [1.54, 1.807) is 0 Å². The van der Waals surface area contributed by atoms with Crippen LogP contribution in [0.25, 0.3) is 43.9 Å². The zero-order valence-electron chi connectivity index (χ0n) is 30.8. The van der Waals surface area contributed by atoms with Crippen molar-refractivity contribution in [2.24, 2.45) is 0 Å². The highest BCUT2D eigenvalue weighted by Crippen LogP contribution is 2.37. The first kappa shape index (κ1) is 36.5. The van der Waals surface area contributed by atoms with Crippen LogP contribution in [-0.2, 0) is 12.8 Å². The molecule has 0 saturated heterocycles. The fourth-order valence-corrected chi connectivity index (χ4v) is 7.79. The van der Waals surface area contributed by atoms with Gasteiger partial charge in [0.2, 0.25) is 0 Å². The molecule has 3 aromatic carbocycles. The molecule has 0 atom stereocenters. The van der Waals surface area contributed by atoms with Crippen molar-refractivity contribution in [1.29, 1.82) is 0 Å². The van der Waals surface area contributed by atoms with Gasteiger partial charge in [-0.2, -0.15) is 0 Å². The lowest BCUT2D eigenvalue weighted by Gasteiger charge is -2.04. The zero-order chi connectivity index (χ0) is 33.2. The Hall–Kier alpha value is -2.74. The Bertz CT molecular complexity index is 1500. The van der Waals surface area contributed by atoms with Crippen molar-refractivity contribution in [3.8, 4) is 0 Å². The van der Waals surface area contributed by atoms with Crippen LogP contribution in [-0.4, -0.2) is 0 Å². The Morgan fingerprint density at radius 2 is 0.604 bits per heavy atom. The monoisotopic (exact) mass is 651 g/mol. The van der Waals surface area contributed by atoms with Crippen LogP contribution in [0, 0.1) is 0 Å². The molecule has 5 aromatic rings. The minimum Gasteiger partial charge on any atom is -0.456 e. The molecule has 0 aliphatic rings. The molecule has 0 bridgehead atoms. The first-order valence-electron chi connectivity index (χ1n) is 20.6. The lowest BCUT2D eigenvalue weighted by atomic mass is 10.0. The number of fused-ring (bicyclic) bond motifs is 6. The molecule has 5 rings (SSSR count). The number of hydrogen-bond donors (Lipinski definition) is 0. The maximum atomic E-state index is 6.44. The molecule has 2 heterocycles. The van der Waals surface area contributed by atoms with E-state index in [1.807, 2.05) is 0 Å². The largest absolute Gasteiger partial charge is 0.456 e. The van der Waals surface area contributed by atoms with Gasteiger partial charge in [0.1, 0.15) is 22.3 Å². The fraction of sp³-hybridized carbons (Fsp3) is 0.609. The highest BCUT2D eigenvalue weighted by Gasteiger charge is 2.14. The van der Waals surface area contributed by atoms with Crippen molar-refractivity contribution in [3.05, 3.63) is 59.7 Å². The standard InChI is InChI=1S/C46H66O2/c1-3-5-7-9-11-13-15-17-19-21-23-25-27-37-29-31-39-41-35-46-42(36-45(41)47-43(39)33-37)40-32-30-38(34-44(40)48-46)28-26-24-22-20-18-16-14-12-10-8-6-4-2/h29-36H,3-28H2,1-2H3. The summed E-state index contributed by atoms with van der Waals surface area (Å²) in [6.07, 6.45) is 35.7. The van der Waals surface area contributed by atoms with E-state index >= 15 is 0 Å².